The number of carbonyl (C=O) groups excluding carboxylic acids is 2. The number of hydrogen-bond donors (Lipinski definition) is 4. The molecular formula is C12H14N4O2. The Morgan fingerprint density at radius 3 is 2.78 bits per heavy atom. The Kier molecular flexibility index (Phi) is 3.29. The number of urea groups is 1. The van der Waals surface area contributed by atoms with Crippen LogP contribution in [0.4, 0.5) is 4.79 Å². The van der Waals surface area contributed by atoms with Crippen LogP contribution in [-0.4, -0.2) is 23.0 Å². The van der Waals surface area contributed by atoms with Gasteiger partial charge in [-0.15, -0.1) is 0 Å². The number of nitrogens with one attached hydrogen (secondary N) is 2. The Bertz CT molecular complexity index is 591. The summed E-state index contributed by atoms with van der Waals surface area (Å²) in [4.78, 5) is 25.1. The molecule has 1 atom stereocenters. The molecule has 1 aromatic heterocycles. The molecule has 2 rings (SSSR count). The highest BCUT2D eigenvalue weighted by atomic mass is 16.2. The highest BCUT2D eigenvalue weighted by molar-refractivity contribution is 5.96. The molecule has 1 unspecified atom stereocenters. The van der Waals surface area contributed by atoms with Crippen LogP contribution in [0.15, 0.2) is 30.5 Å². The smallest absolute Gasteiger partial charge is 0.318 e. The molecule has 0 fully saturated rings. The summed E-state index contributed by atoms with van der Waals surface area (Å²) in [5, 5.41) is 2.98. The third kappa shape index (κ3) is 2.49. The molecule has 0 spiro atoms. The number of aromatic amines is 1. The van der Waals surface area contributed by atoms with Crippen LogP contribution < -0.4 is 16.8 Å². The lowest BCUT2D eigenvalue weighted by molar-refractivity contribution is -0.121. The minimum absolute atomic E-state index is 0.336. The van der Waals surface area contributed by atoms with Gasteiger partial charge in [-0.25, -0.2) is 4.79 Å². The number of nitrogens with two attached hydrogens (primary N) is 2. The van der Waals surface area contributed by atoms with E-state index in [0.717, 1.165) is 16.5 Å². The van der Waals surface area contributed by atoms with E-state index in [1.165, 1.54) is 0 Å². The summed E-state index contributed by atoms with van der Waals surface area (Å²) in [6.45, 7) is 0. The number of H-pyrrole nitrogens is 1. The first-order valence-electron chi connectivity index (χ1n) is 5.49. The van der Waals surface area contributed by atoms with Crippen LogP contribution in [0.1, 0.15) is 5.56 Å². The Balaban J connectivity index is 2.14. The topological polar surface area (TPSA) is 114 Å². The molecule has 6 nitrogen and oxygen atoms in total. The lowest BCUT2D eigenvalue weighted by Crippen LogP contribution is -2.46. The van der Waals surface area contributed by atoms with Crippen LogP contribution in [0.3, 0.4) is 0 Å². The highest BCUT2D eigenvalue weighted by Crippen LogP contribution is 2.18. The van der Waals surface area contributed by atoms with Crippen molar-refractivity contribution in [2.24, 2.45) is 11.5 Å². The number of primary amides is 1. The van der Waals surface area contributed by atoms with E-state index >= 15 is 0 Å². The van der Waals surface area contributed by atoms with E-state index in [4.69, 9.17) is 11.5 Å². The molecule has 1 heterocycles. The van der Waals surface area contributed by atoms with Crippen molar-refractivity contribution in [2.75, 3.05) is 0 Å². The lowest BCUT2D eigenvalue weighted by atomic mass is 10.1. The van der Waals surface area contributed by atoms with Crippen molar-refractivity contribution in [3.63, 3.8) is 0 Å². The van der Waals surface area contributed by atoms with Crippen LogP contribution in [0.25, 0.3) is 10.9 Å². The zero-order valence-electron chi connectivity index (χ0n) is 9.64. The van der Waals surface area contributed by atoms with E-state index in [1.54, 1.807) is 0 Å². The number of hydrogen-bond acceptors (Lipinski definition) is 3. The molecule has 0 saturated heterocycles. The van der Waals surface area contributed by atoms with E-state index < -0.39 is 18.0 Å². The Hall–Kier alpha value is -2.34. The highest BCUT2D eigenvalue weighted by Gasteiger charge is 2.17. The predicted molar refractivity (Wildman–Crippen MR) is 67.7 cm³/mol. The van der Waals surface area contributed by atoms with E-state index in [-0.39, 0.29) is 0 Å². The summed E-state index contributed by atoms with van der Waals surface area (Å²) in [6.07, 6.45) is 2.14. The second kappa shape index (κ2) is 4.89. The minimum Gasteiger partial charge on any atom is -0.361 e. The normalized spacial score (nSPS) is 12.3. The second-order valence-corrected chi connectivity index (χ2v) is 4.02. The van der Waals surface area contributed by atoms with Crippen LogP contribution in [0, 0.1) is 0 Å². The molecule has 0 aliphatic rings. The van der Waals surface area contributed by atoms with Crippen LogP contribution in [0.5, 0.6) is 0 Å². The molecule has 94 valence electrons. The molecule has 0 aliphatic heterocycles. The number of benzene rings is 1. The Morgan fingerprint density at radius 2 is 2.06 bits per heavy atom. The number of amides is 3. The van der Waals surface area contributed by atoms with Crippen molar-refractivity contribution in [1.29, 1.82) is 0 Å². The van der Waals surface area contributed by atoms with Gasteiger partial charge in [-0.2, -0.15) is 0 Å². The van der Waals surface area contributed by atoms with Crippen LogP contribution in [0.2, 0.25) is 0 Å². The van der Waals surface area contributed by atoms with E-state index in [2.05, 4.69) is 4.98 Å². The summed E-state index contributed by atoms with van der Waals surface area (Å²) in [5.41, 5.74) is 12.5. The number of aromatic nitrogens is 1. The lowest BCUT2D eigenvalue weighted by Gasteiger charge is -2.09. The molecule has 2 aromatic rings. The van der Waals surface area contributed by atoms with Gasteiger partial charge in [0.1, 0.15) is 0 Å². The molecule has 0 radical (unpaired) electrons. The average Bonchev–Trinajstić information content (AvgIpc) is 2.72. The van der Waals surface area contributed by atoms with Crippen LogP contribution in [-0.2, 0) is 11.2 Å². The van der Waals surface area contributed by atoms with Crippen molar-refractivity contribution in [2.45, 2.75) is 12.5 Å². The Labute approximate surface area is 103 Å². The Morgan fingerprint density at radius 1 is 1.33 bits per heavy atom. The number of rotatable bonds is 3. The van der Waals surface area contributed by atoms with Crippen molar-refractivity contribution < 1.29 is 9.59 Å². The third-order valence-corrected chi connectivity index (χ3v) is 2.70. The summed E-state index contributed by atoms with van der Waals surface area (Å²) in [5.74, 6) is -0.576. The fraction of sp³-hybridized carbons (Fsp3) is 0.167. The first-order valence-corrected chi connectivity index (χ1v) is 5.49. The summed E-state index contributed by atoms with van der Waals surface area (Å²) >= 11 is 0. The maximum absolute atomic E-state index is 11.5. The summed E-state index contributed by atoms with van der Waals surface area (Å²) < 4.78 is 0. The van der Waals surface area contributed by atoms with Crippen molar-refractivity contribution >= 4 is 22.8 Å². The zero-order chi connectivity index (χ0) is 13.1. The summed E-state index contributed by atoms with van der Waals surface area (Å²) in [7, 11) is 0. The SMILES string of the molecule is NC(=O)NC(=O)C(N)Cc1c[nH]c2ccccc12. The van der Waals surface area contributed by atoms with Gasteiger partial charge < -0.3 is 16.5 Å². The largest absolute Gasteiger partial charge is 0.361 e. The monoisotopic (exact) mass is 246 g/mol. The first-order chi connectivity index (χ1) is 8.58. The predicted octanol–water partition coefficient (Wildman–Crippen LogP) is 0.233. The maximum Gasteiger partial charge on any atom is 0.318 e. The van der Waals surface area contributed by atoms with E-state index in [0.29, 0.717) is 6.42 Å². The fourth-order valence-electron chi connectivity index (χ4n) is 1.84. The number of fused-ring (bicyclic) bond motifs is 1. The van der Waals surface area contributed by atoms with Crippen LogP contribution >= 0.6 is 0 Å². The van der Waals surface area contributed by atoms with Gasteiger partial charge in [-0.05, 0) is 18.1 Å². The first kappa shape index (κ1) is 12.1. The number of carbonyl (C=O) groups is 2. The maximum atomic E-state index is 11.5. The van der Waals surface area contributed by atoms with Gasteiger partial charge in [0.05, 0.1) is 6.04 Å². The molecule has 18 heavy (non-hydrogen) atoms. The molecule has 0 aliphatic carbocycles. The van der Waals surface area contributed by atoms with Gasteiger partial charge in [-0.3, -0.25) is 10.1 Å². The quantitative estimate of drug-likeness (QED) is 0.621. The van der Waals surface area contributed by atoms with Gasteiger partial charge in [0.25, 0.3) is 0 Å². The van der Waals surface area contributed by atoms with E-state index in [9.17, 15) is 9.59 Å². The molecule has 3 amide bonds. The molecule has 6 N–H and O–H groups in total. The average molecular weight is 246 g/mol. The van der Waals surface area contributed by atoms with Gasteiger partial charge in [0.2, 0.25) is 5.91 Å². The number of imide groups is 1. The van der Waals surface area contributed by atoms with Crippen molar-refractivity contribution in [3.8, 4) is 0 Å². The molecule has 0 bridgehead atoms. The number of para-hydroxylation sites is 1. The molecule has 1 aromatic carbocycles. The third-order valence-electron chi connectivity index (χ3n) is 2.70. The van der Waals surface area contributed by atoms with Crippen molar-refractivity contribution in [1.82, 2.24) is 10.3 Å². The minimum atomic E-state index is -0.894. The van der Waals surface area contributed by atoms with Crippen molar-refractivity contribution in [3.05, 3.63) is 36.0 Å². The van der Waals surface area contributed by atoms with Gasteiger partial charge in [-0.1, -0.05) is 18.2 Å². The standard InChI is InChI=1S/C12H14N4O2/c13-9(11(17)16-12(14)18)5-7-6-15-10-4-2-1-3-8(7)10/h1-4,6,9,15H,5,13H2,(H3,14,16,17,18). The molecular weight excluding hydrogens is 232 g/mol. The van der Waals surface area contributed by atoms with E-state index in [1.807, 2.05) is 35.8 Å². The van der Waals surface area contributed by atoms with Gasteiger partial charge >= 0.3 is 6.03 Å². The van der Waals surface area contributed by atoms with Gasteiger partial charge in [0.15, 0.2) is 0 Å². The second-order valence-electron chi connectivity index (χ2n) is 4.02. The molecule has 0 saturated carbocycles. The fourth-order valence-corrected chi connectivity index (χ4v) is 1.84. The zero-order valence-corrected chi connectivity index (χ0v) is 9.64. The van der Waals surface area contributed by atoms with Gasteiger partial charge in [0, 0.05) is 17.1 Å². The molecule has 6 heteroatoms. The summed E-state index contributed by atoms with van der Waals surface area (Å²) in [6, 6.07) is 6.01.